The number of amides is 1. The van der Waals surface area contributed by atoms with Crippen LogP contribution in [0, 0.1) is 5.82 Å². The van der Waals surface area contributed by atoms with Crippen LogP contribution in [-0.4, -0.2) is 41.0 Å². The molecule has 5 aromatic heterocycles. The van der Waals surface area contributed by atoms with Gasteiger partial charge in [-0.3, -0.25) is 24.8 Å². The van der Waals surface area contributed by atoms with Crippen LogP contribution in [0.3, 0.4) is 0 Å². The number of hydrogen-bond acceptors (Lipinski definition) is 6. The number of H-pyrrole nitrogens is 2. The smallest absolute Gasteiger partial charge is 0.228 e. The van der Waals surface area contributed by atoms with E-state index in [1.165, 1.54) is 12.3 Å². The van der Waals surface area contributed by atoms with Crippen LogP contribution in [0.25, 0.3) is 56.0 Å². The molecule has 0 atom stereocenters. The lowest BCUT2D eigenvalue weighted by atomic mass is 10.0. The molecule has 7 rings (SSSR count). The first-order valence-corrected chi connectivity index (χ1v) is 12.9. The highest BCUT2D eigenvalue weighted by atomic mass is 19.1. The van der Waals surface area contributed by atoms with Crippen molar-refractivity contribution in [1.82, 2.24) is 35.1 Å². The lowest BCUT2D eigenvalue weighted by molar-refractivity contribution is -0.115. The summed E-state index contributed by atoms with van der Waals surface area (Å²) in [7, 11) is 0. The quantitative estimate of drug-likeness (QED) is 0.240. The van der Waals surface area contributed by atoms with E-state index in [-0.39, 0.29) is 12.3 Å². The number of benzene rings is 2. The fraction of sp³-hybridized carbons (Fsp3) is 0.0323. The van der Waals surface area contributed by atoms with Crippen molar-refractivity contribution in [2.24, 2.45) is 0 Å². The second-order valence-electron chi connectivity index (χ2n) is 9.48. The van der Waals surface area contributed by atoms with Gasteiger partial charge in [0.05, 0.1) is 35.0 Å². The molecule has 0 radical (unpaired) electrons. The monoisotopic (exact) mass is 540 g/mol. The number of pyridine rings is 3. The molecule has 0 saturated carbocycles. The van der Waals surface area contributed by atoms with Crippen molar-refractivity contribution in [3.05, 3.63) is 109 Å². The predicted octanol–water partition coefficient (Wildman–Crippen LogP) is 5.95. The van der Waals surface area contributed by atoms with E-state index in [0.717, 1.165) is 11.1 Å². The maximum absolute atomic E-state index is 15.3. The van der Waals surface area contributed by atoms with E-state index in [1.54, 1.807) is 30.7 Å². The first-order valence-electron chi connectivity index (χ1n) is 12.9. The van der Waals surface area contributed by atoms with Crippen LogP contribution >= 0.6 is 0 Å². The van der Waals surface area contributed by atoms with Gasteiger partial charge in [0.15, 0.2) is 5.82 Å². The molecule has 0 aliphatic rings. The zero-order valence-corrected chi connectivity index (χ0v) is 21.5. The van der Waals surface area contributed by atoms with Gasteiger partial charge in [-0.05, 0) is 35.9 Å². The zero-order valence-electron chi connectivity index (χ0n) is 21.5. The van der Waals surface area contributed by atoms with Crippen molar-refractivity contribution in [3.8, 4) is 34.0 Å². The minimum atomic E-state index is -0.450. The molecule has 0 bridgehead atoms. The Morgan fingerprint density at radius 1 is 0.878 bits per heavy atom. The number of anilines is 1. The minimum absolute atomic E-state index is 0.187. The summed E-state index contributed by atoms with van der Waals surface area (Å²) in [5.41, 5.74) is 6.03. The van der Waals surface area contributed by atoms with Crippen molar-refractivity contribution >= 4 is 33.5 Å². The summed E-state index contributed by atoms with van der Waals surface area (Å²) in [4.78, 5) is 33.8. The molecule has 9 nitrogen and oxygen atoms in total. The number of carbonyl (C=O) groups excluding carboxylic acids is 1. The summed E-state index contributed by atoms with van der Waals surface area (Å²) in [6.07, 6.45) is 6.72. The number of aromatic amines is 2. The van der Waals surface area contributed by atoms with Gasteiger partial charge in [-0.1, -0.05) is 36.4 Å². The number of nitrogens with one attached hydrogen (secondary N) is 3. The Hall–Kier alpha value is -5.77. The molecule has 7 aromatic rings. The van der Waals surface area contributed by atoms with Crippen molar-refractivity contribution in [2.75, 3.05) is 5.32 Å². The molecule has 0 aliphatic carbocycles. The van der Waals surface area contributed by atoms with Crippen LogP contribution < -0.4 is 5.32 Å². The topological polar surface area (TPSA) is 125 Å². The van der Waals surface area contributed by atoms with E-state index in [9.17, 15) is 4.79 Å². The van der Waals surface area contributed by atoms with Crippen molar-refractivity contribution in [1.29, 1.82) is 0 Å². The number of fused-ring (bicyclic) bond motifs is 2. The van der Waals surface area contributed by atoms with Gasteiger partial charge in [-0.2, -0.15) is 5.10 Å². The molecule has 0 spiro atoms. The Morgan fingerprint density at radius 2 is 1.76 bits per heavy atom. The van der Waals surface area contributed by atoms with Gasteiger partial charge < -0.3 is 10.3 Å². The minimum Gasteiger partial charge on any atom is -0.336 e. The van der Waals surface area contributed by atoms with Crippen LogP contribution in [0.4, 0.5) is 10.1 Å². The van der Waals surface area contributed by atoms with Gasteiger partial charge in [0, 0.05) is 41.2 Å². The van der Waals surface area contributed by atoms with Gasteiger partial charge in [0.2, 0.25) is 5.91 Å². The Labute approximate surface area is 232 Å². The second-order valence-corrected chi connectivity index (χ2v) is 9.48. The Balaban J connectivity index is 1.24. The van der Waals surface area contributed by atoms with E-state index in [2.05, 4.69) is 35.5 Å². The van der Waals surface area contributed by atoms with Gasteiger partial charge in [0.25, 0.3) is 0 Å². The van der Waals surface area contributed by atoms with Crippen molar-refractivity contribution < 1.29 is 9.18 Å². The maximum atomic E-state index is 15.3. The number of hydrogen-bond donors (Lipinski definition) is 3. The molecule has 3 N–H and O–H groups in total. The number of carbonyl (C=O) groups is 1. The summed E-state index contributed by atoms with van der Waals surface area (Å²) in [5.74, 6) is -0.129. The fourth-order valence-electron chi connectivity index (χ4n) is 4.82. The van der Waals surface area contributed by atoms with Crippen LogP contribution in [0.2, 0.25) is 0 Å². The molecular formula is C31H21FN8O. The number of halogens is 1. The van der Waals surface area contributed by atoms with E-state index >= 15 is 4.39 Å². The van der Waals surface area contributed by atoms with Crippen LogP contribution in [-0.2, 0) is 11.2 Å². The average Bonchev–Trinajstić information content (AvgIpc) is 3.61. The van der Waals surface area contributed by atoms with Crippen LogP contribution in [0.1, 0.15) is 5.56 Å². The normalized spacial score (nSPS) is 11.2. The molecule has 198 valence electrons. The van der Waals surface area contributed by atoms with Crippen molar-refractivity contribution in [2.45, 2.75) is 6.42 Å². The highest BCUT2D eigenvalue weighted by molar-refractivity contribution is 5.98. The third kappa shape index (κ3) is 4.67. The highest BCUT2D eigenvalue weighted by Crippen LogP contribution is 2.34. The summed E-state index contributed by atoms with van der Waals surface area (Å²) in [6, 6.07) is 21.7. The molecule has 0 saturated heterocycles. The Kier molecular flexibility index (Phi) is 5.97. The summed E-state index contributed by atoms with van der Waals surface area (Å²) >= 11 is 0. The summed E-state index contributed by atoms with van der Waals surface area (Å²) in [5, 5.41) is 10.9. The summed E-state index contributed by atoms with van der Waals surface area (Å²) in [6.45, 7) is 0. The number of aromatic nitrogens is 7. The standard InChI is InChI=1S/C31H21FN8O/c32-23-15-26-22(14-21(23)19-13-20(17-33-16-19)36-27(41)12-18-6-2-1-3-7-18)28(40-39-26)31-37-25-9-11-35-29(30(25)38-31)24-8-4-5-10-34-24/h1-11,13-17H,12H2,(H,36,41)(H,37,38)(H,39,40). The van der Waals surface area contributed by atoms with Crippen molar-refractivity contribution in [3.63, 3.8) is 0 Å². The SMILES string of the molecule is O=C(Cc1ccccc1)Nc1cncc(-c2cc3c(-c4nc5c(-c6ccccn6)nccc5[nH]4)n[nH]c3cc2F)c1. The molecular weight excluding hydrogens is 519 g/mol. The fourth-order valence-corrected chi connectivity index (χ4v) is 4.82. The molecule has 5 heterocycles. The third-order valence-electron chi connectivity index (χ3n) is 6.72. The number of imidazole rings is 1. The van der Waals surface area contributed by atoms with E-state index < -0.39 is 5.82 Å². The Morgan fingerprint density at radius 3 is 2.61 bits per heavy atom. The molecule has 0 unspecified atom stereocenters. The average molecular weight is 541 g/mol. The maximum Gasteiger partial charge on any atom is 0.228 e. The number of rotatable bonds is 6. The highest BCUT2D eigenvalue weighted by Gasteiger charge is 2.19. The molecule has 10 heteroatoms. The van der Waals surface area contributed by atoms with E-state index in [4.69, 9.17) is 4.98 Å². The molecule has 1 amide bonds. The van der Waals surface area contributed by atoms with Gasteiger partial charge in [-0.15, -0.1) is 0 Å². The largest absolute Gasteiger partial charge is 0.336 e. The van der Waals surface area contributed by atoms with Gasteiger partial charge in [0.1, 0.15) is 22.7 Å². The molecule has 2 aromatic carbocycles. The molecule has 0 aliphatic heterocycles. The summed E-state index contributed by atoms with van der Waals surface area (Å²) < 4.78 is 15.3. The van der Waals surface area contributed by atoms with Crippen LogP contribution in [0.15, 0.2) is 97.6 Å². The first-order chi connectivity index (χ1) is 20.1. The third-order valence-corrected chi connectivity index (χ3v) is 6.72. The molecule has 0 fully saturated rings. The van der Waals surface area contributed by atoms with Gasteiger partial charge in [-0.25, -0.2) is 9.37 Å². The lowest BCUT2D eigenvalue weighted by Gasteiger charge is -2.08. The van der Waals surface area contributed by atoms with E-state index in [1.807, 2.05) is 54.6 Å². The van der Waals surface area contributed by atoms with Crippen LogP contribution in [0.5, 0.6) is 0 Å². The molecule has 41 heavy (non-hydrogen) atoms. The zero-order chi connectivity index (χ0) is 27.8. The second kappa shape index (κ2) is 10.1. The van der Waals surface area contributed by atoms with Gasteiger partial charge >= 0.3 is 0 Å². The Bertz CT molecular complexity index is 2040. The first kappa shape index (κ1) is 24.3. The predicted molar refractivity (Wildman–Crippen MR) is 154 cm³/mol. The van der Waals surface area contributed by atoms with E-state index in [0.29, 0.717) is 56.1 Å². The lowest BCUT2D eigenvalue weighted by Crippen LogP contribution is -2.14. The number of nitrogens with zero attached hydrogens (tertiary/aromatic N) is 5.